The second-order valence-electron chi connectivity index (χ2n) is 5.38. The topological polar surface area (TPSA) is 78.9 Å². The highest BCUT2D eigenvalue weighted by Crippen LogP contribution is 2.53. The summed E-state index contributed by atoms with van der Waals surface area (Å²) >= 11 is 0. The van der Waals surface area contributed by atoms with Gasteiger partial charge in [-0.15, -0.1) is 0 Å². The zero-order chi connectivity index (χ0) is 14.4. The van der Waals surface area contributed by atoms with Gasteiger partial charge in [0.1, 0.15) is 5.82 Å². The molecule has 2 aromatic heterocycles. The van der Waals surface area contributed by atoms with Crippen molar-refractivity contribution in [2.24, 2.45) is 0 Å². The Morgan fingerprint density at radius 1 is 1.24 bits per heavy atom. The number of carboxylic acid groups (broad SMARTS) is 1. The molecular weight excluding hydrogens is 266 g/mol. The molecule has 1 aromatic carbocycles. The number of aromatic amines is 1. The fraction of sp³-hybridized carbons (Fsp3) is 0.188. The van der Waals surface area contributed by atoms with Crippen molar-refractivity contribution < 1.29 is 9.90 Å². The number of fused-ring (bicyclic) bond motifs is 1. The van der Waals surface area contributed by atoms with Crippen molar-refractivity contribution in [2.45, 2.75) is 18.3 Å². The van der Waals surface area contributed by atoms with Gasteiger partial charge in [0.25, 0.3) is 0 Å². The molecule has 1 aliphatic rings. The Bertz CT molecular complexity index is 826. The number of hydrogen-bond donors (Lipinski definition) is 2. The summed E-state index contributed by atoms with van der Waals surface area (Å²) in [6, 6.07) is 12.0. The molecule has 2 N–H and O–H groups in total. The minimum atomic E-state index is -0.978. The van der Waals surface area contributed by atoms with Crippen LogP contribution in [0.2, 0.25) is 0 Å². The molecule has 5 heteroatoms. The van der Waals surface area contributed by atoms with Gasteiger partial charge in [-0.2, -0.15) is 0 Å². The van der Waals surface area contributed by atoms with E-state index in [1.807, 2.05) is 18.2 Å². The summed E-state index contributed by atoms with van der Waals surface area (Å²) < 4.78 is 0. The lowest BCUT2D eigenvalue weighted by molar-refractivity contribution is 0.0696. The highest BCUT2D eigenvalue weighted by atomic mass is 16.4. The van der Waals surface area contributed by atoms with Gasteiger partial charge in [-0.1, -0.05) is 30.3 Å². The molecule has 1 saturated carbocycles. The van der Waals surface area contributed by atoms with Crippen LogP contribution < -0.4 is 0 Å². The van der Waals surface area contributed by atoms with Crippen molar-refractivity contribution in [2.75, 3.05) is 0 Å². The van der Waals surface area contributed by atoms with Crippen molar-refractivity contribution in [1.29, 1.82) is 0 Å². The van der Waals surface area contributed by atoms with Crippen LogP contribution in [0.25, 0.3) is 11.2 Å². The number of nitrogens with one attached hydrogen (secondary N) is 1. The summed E-state index contributed by atoms with van der Waals surface area (Å²) in [5.41, 5.74) is 2.76. The molecule has 0 spiro atoms. The van der Waals surface area contributed by atoms with Crippen molar-refractivity contribution in [3.05, 3.63) is 59.5 Å². The third-order valence-electron chi connectivity index (χ3n) is 3.97. The van der Waals surface area contributed by atoms with Crippen LogP contribution in [0.1, 0.15) is 40.0 Å². The quantitative estimate of drug-likeness (QED) is 0.772. The van der Waals surface area contributed by atoms with Gasteiger partial charge in [-0.3, -0.25) is 0 Å². The summed E-state index contributed by atoms with van der Waals surface area (Å²) in [5, 5.41) is 8.99. The van der Waals surface area contributed by atoms with E-state index in [1.54, 1.807) is 6.07 Å². The Kier molecular flexibility index (Phi) is 2.54. The number of carboxylic acids is 1. The lowest BCUT2D eigenvalue weighted by Crippen LogP contribution is -1.96. The zero-order valence-electron chi connectivity index (χ0n) is 11.2. The molecule has 2 atom stereocenters. The first-order valence-corrected chi connectivity index (χ1v) is 6.86. The molecule has 0 amide bonds. The number of pyridine rings is 1. The van der Waals surface area contributed by atoms with Gasteiger partial charge in [0.15, 0.2) is 5.65 Å². The minimum absolute atomic E-state index is 0.174. The van der Waals surface area contributed by atoms with Gasteiger partial charge >= 0.3 is 5.97 Å². The highest BCUT2D eigenvalue weighted by Gasteiger charge is 2.41. The van der Waals surface area contributed by atoms with Crippen LogP contribution in [0, 0.1) is 0 Å². The van der Waals surface area contributed by atoms with Gasteiger partial charge in [-0.25, -0.2) is 14.8 Å². The third kappa shape index (κ3) is 2.07. The molecule has 2 heterocycles. The van der Waals surface area contributed by atoms with E-state index < -0.39 is 5.97 Å². The van der Waals surface area contributed by atoms with Crippen LogP contribution in [0.5, 0.6) is 0 Å². The number of H-pyrrole nitrogens is 1. The van der Waals surface area contributed by atoms with Crippen LogP contribution in [0.4, 0.5) is 0 Å². The Morgan fingerprint density at radius 2 is 2.05 bits per heavy atom. The van der Waals surface area contributed by atoms with Gasteiger partial charge in [0.2, 0.25) is 0 Å². The number of nitrogens with zero attached hydrogens (tertiary/aromatic N) is 2. The number of aromatic nitrogens is 3. The van der Waals surface area contributed by atoms with Crippen LogP contribution in [0.3, 0.4) is 0 Å². The van der Waals surface area contributed by atoms with E-state index in [2.05, 4.69) is 27.1 Å². The zero-order valence-corrected chi connectivity index (χ0v) is 11.2. The van der Waals surface area contributed by atoms with E-state index in [0.29, 0.717) is 23.0 Å². The Balaban J connectivity index is 1.65. The van der Waals surface area contributed by atoms with E-state index in [-0.39, 0.29) is 5.56 Å². The molecule has 0 radical (unpaired) electrons. The second kappa shape index (κ2) is 4.41. The fourth-order valence-corrected chi connectivity index (χ4v) is 2.78. The highest BCUT2D eigenvalue weighted by molar-refractivity contribution is 5.90. The molecular formula is C16H13N3O2. The molecule has 2 unspecified atom stereocenters. The standard InChI is InChI=1S/C16H13N3O2/c20-16(21)10-6-13-15(17-8-10)19-14(18-13)12-7-11(12)9-4-2-1-3-5-9/h1-6,8,11-12H,7H2,(H,20,21)(H,17,18,19). The summed E-state index contributed by atoms with van der Waals surface area (Å²) in [6.45, 7) is 0. The number of hydrogen-bond acceptors (Lipinski definition) is 3. The smallest absolute Gasteiger partial charge is 0.337 e. The maximum Gasteiger partial charge on any atom is 0.337 e. The number of benzene rings is 1. The van der Waals surface area contributed by atoms with E-state index in [9.17, 15) is 4.79 Å². The predicted molar refractivity (Wildman–Crippen MR) is 77.4 cm³/mol. The largest absolute Gasteiger partial charge is 0.478 e. The van der Waals surface area contributed by atoms with E-state index in [0.717, 1.165) is 12.2 Å². The van der Waals surface area contributed by atoms with E-state index >= 15 is 0 Å². The van der Waals surface area contributed by atoms with Crippen molar-refractivity contribution in [1.82, 2.24) is 15.0 Å². The molecule has 5 nitrogen and oxygen atoms in total. The van der Waals surface area contributed by atoms with Gasteiger partial charge in [0, 0.05) is 12.1 Å². The molecule has 104 valence electrons. The summed E-state index contributed by atoms with van der Waals surface area (Å²) in [6.07, 6.45) is 2.41. The minimum Gasteiger partial charge on any atom is -0.478 e. The number of imidazole rings is 1. The molecule has 4 rings (SSSR count). The normalized spacial score (nSPS) is 20.6. The molecule has 0 bridgehead atoms. The number of carbonyl (C=O) groups is 1. The molecule has 1 aliphatic carbocycles. The number of aromatic carboxylic acids is 1. The van der Waals surface area contributed by atoms with E-state index in [1.165, 1.54) is 11.8 Å². The summed E-state index contributed by atoms with van der Waals surface area (Å²) in [4.78, 5) is 22.8. The first-order chi connectivity index (χ1) is 10.2. The van der Waals surface area contributed by atoms with Gasteiger partial charge in [0.05, 0.1) is 11.1 Å². The van der Waals surface area contributed by atoms with Gasteiger partial charge in [-0.05, 0) is 24.0 Å². The SMILES string of the molecule is O=C(O)c1cnc2nc(C3CC3c3ccccc3)[nH]c2c1. The first kappa shape index (κ1) is 12.1. The summed E-state index contributed by atoms with van der Waals surface area (Å²) in [7, 11) is 0. The number of rotatable bonds is 3. The fourth-order valence-electron chi connectivity index (χ4n) is 2.78. The first-order valence-electron chi connectivity index (χ1n) is 6.86. The Labute approximate surface area is 120 Å². The second-order valence-corrected chi connectivity index (χ2v) is 5.38. The Morgan fingerprint density at radius 3 is 2.81 bits per heavy atom. The van der Waals surface area contributed by atoms with Crippen LogP contribution in [0.15, 0.2) is 42.6 Å². The van der Waals surface area contributed by atoms with Gasteiger partial charge < -0.3 is 10.1 Å². The van der Waals surface area contributed by atoms with E-state index in [4.69, 9.17) is 5.11 Å². The monoisotopic (exact) mass is 279 g/mol. The molecule has 3 aromatic rings. The van der Waals surface area contributed by atoms with Crippen molar-refractivity contribution in [3.8, 4) is 0 Å². The van der Waals surface area contributed by atoms with Crippen LogP contribution >= 0.6 is 0 Å². The maximum atomic E-state index is 11.0. The third-order valence-corrected chi connectivity index (χ3v) is 3.97. The van der Waals surface area contributed by atoms with Crippen molar-refractivity contribution in [3.63, 3.8) is 0 Å². The predicted octanol–water partition coefficient (Wildman–Crippen LogP) is 2.93. The molecule has 1 fully saturated rings. The van der Waals surface area contributed by atoms with Crippen molar-refractivity contribution >= 4 is 17.1 Å². The van der Waals surface area contributed by atoms with Crippen LogP contribution in [-0.2, 0) is 0 Å². The van der Waals surface area contributed by atoms with Crippen LogP contribution in [-0.4, -0.2) is 26.0 Å². The molecule has 21 heavy (non-hydrogen) atoms. The lowest BCUT2D eigenvalue weighted by Gasteiger charge is -1.97. The maximum absolute atomic E-state index is 11.0. The lowest BCUT2D eigenvalue weighted by atomic mass is 10.1. The molecule has 0 aliphatic heterocycles. The summed E-state index contributed by atoms with van der Waals surface area (Å²) in [5.74, 6) is 0.781. The average Bonchev–Trinajstić information content (AvgIpc) is 3.19. The molecule has 0 saturated heterocycles. The average molecular weight is 279 g/mol. The Hall–Kier alpha value is -2.69.